The molecule has 4 heterocycles. The second-order valence-corrected chi connectivity index (χ2v) is 9.75. The van der Waals surface area contributed by atoms with Crippen molar-refractivity contribution in [2.24, 2.45) is 0 Å². The van der Waals surface area contributed by atoms with Crippen LogP contribution in [-0.4, -0.2) is 74.1 Å². The Balaban J connectivity index is 1.41. The summed E-state index contributed by atoms with van der Waals surface area (Å²) in [6.07, 6.45) is 11.8. The Labute approximate surface area is 215 Å². The molecule has 0 unspecified atom stereocenters. The van der Waals surface area contributed by atoms with Crippen molar-refractivity contribution in [3.05, 3.63) is 59.4 Å². The molecular weight excluding hydrogens is 478 g/mol. The predicted octanol–water partition coefficient (Wildman–Crippen LogP) is 3.94. The van der Waals surface area contributed by atoms with E-state index in [0.717, 1.165) is 44.4 Å². The molecule has 0 spiro atoms. The lowest BCUT2D eigenvalue weighted by atomic mass is 10.1. The van der Waals surface area contributed by atoms with E-state index in [1.165, 1.54) is 25.2 Å². The third-order valence-electron chi connectivity index (χ3n) is 6.88. The fourth-order valence-corrected chi connectivity index (χ4v) is 5.31. The first-order valence-corrected chi connectivity index (χ1v) is 12.9. The van der Waals surface area contributed by atoms with Crippen LogP contribution in [0.3, 0.4) is 0 Å². The highest BCUT2D eigenvalue weighted by Gasteiger charge is 2.27. The van der Waals surface area contributed by atoms with Gasteiger partial charge in [-0.15, -0.1) is 0 Å². The van der Waals surface area contributed by atoms with Crippen LogP contribution in [0.15, 0.2) is 48.8 Å². The third kappa shape index (κ3) is 5.42. The summed E-state index contributed by atoms with van der Waals surface area (Å²) >= 11 is 6.63. The van der Waals surface area contributed by atoms with E-state index in [-0.39, 0.29) is 17.9 Å². The Bertz CT molecular complexity index is 1250. The molecule has 1 atom stereocenters. The van der Waals surface area contributed by atoms with Crippen LogP contribution in [0.5, 0.6) is 0 Å². The van der Waals surface area contributed by atoms with Crippen molar-refractivity contribution >= 4 is 40.4 Å². The zero-order valence-corrected chi connectivity index (χ0v) is 20.9. The topological polar surface area (TPSA) is 96.2 Å². The van der Waals surface area contributed by atoms with Gasteiger partial charge < -0.3 is 9.47 Å². The van der Waals surface area contributed by atoms with E-state index in [4.69, 9.17) is 16.6 Å². The normalized spacial score (nSPS) is 19.1. The molecule has 0 radical (unpaired) electrons. The predicted molar refractivity (Wildman–Crippen MR) is 139 cm³/mol. The molecule has 2 aromatic heterocycles. The minimum absolute atomic E-state index is 0.0186. The van der Waals surface area contributed by atoms with Crippen LogP contribution in [0.4, 0.5) is 5.95 Å². The molecule has 36 heavy (non-hydrogen) atoms. The minimum atomic E-state index is -0.330. The average molecular weight is 508 g/mol. The van der Waals surface area contributed by atoms with Gasteiger partial charge in [0, 0.05) is 25.7 Å². The van der Waals surface area contributed by atoms with Crippen molar-refractivity contribution in [2.45, 2.75) is 38.1 Å². The van der Waals surface area contributed by atoms with Gasteiger partial charge in [-0.2, -0.15) is 10.2 Å². The van der Waals surface area contributed by atoms with Gasteiger partial charge in [-0.3, -0.25) is 19.8 Å². The summed E-state index contributed by atoms with van der Waals surface area (Å²) in [5.74, 6) is 0.0952. The standard InChI is InChI=1S/C26H30ClN7O2/c27-21-8-5-9-22-24(21)34(26(30-22)31-25(36)19-11-12-28-29-17-19)20-7-1-2-16-33(18-20)23(35)10-6-15-32-13-3-4-14-32/h5-6,8-12,17,20H,1-4,7,13-16,18H2,(H,30,31,36)/b10-6+/t20-/m1/s1. The highest BCUT2D eigenvalue weighted by Crippen LogP contribution is 2.34. The van der Waals surface area contributed by atoms with Crippen molar-refractivity contribution in [2.75, 3.05) is 38.0 Å². The number of hydrogen-bond acceptors (Lipinski definition) is 6. The number of hydrogen-bond donors (Lipinski definition) is 1. The van der Waals surface area contributed by atoms with Crippen molar-refractivity contribution in [3.63, 3.8) is 0 Å². The van der Waals surface area contributed by atoms with Crippen LogP contribution in [0.25, 0.3) is 11.0 Å². The molecule has 1 aromatic carbocycles. The van der Waals surface area contributed by atoms with Crippen LogP contribution in [0, 0.1) is 0 Å². The van der Waals surface area contributed by atoms with Crippen LogP contribution in [0.1, 0.15) is 48.5 Å². The SMILES string of the molecule is O=C(Nc1nc2cccc(Cl)c2n1[C@@H]1CCCCN(C(=O)/C=C/CN2CCCC2)C1)c1ccnnc1. The van der Waals surface area contributed by atoms with Gasteiger partial charge in [0.1, 0.15) is 0 Å². The van der Waals surface area contributed by atoms with Gasteiger partial charge >= 0.3 is 0 Å². The Morgan fingerprint density at radius 1 is 1.08 bits per heavy atom. The van der Waals surface area contributed by atoms with E-state index >= 15 is 0 Å². The highest BCUT2D eigenvalue weighted by atomic mass is 35.5. The summed E-state index contributed by atoms with van der Waals surface area (Å²) in [5, 5.41) is 11.0. The van der Waals surface area contributed by atoms with Gasteiger partial charge in [0.25, 0.3) is 5.91 Å². The lowest BCUT2D eigenvalue weighted by Gasteiger charge is -2.26. The fraction of sp³-hybridized carbons (Fsp3) is 0.423. The van der Waals surface area contributed by atoms with E-state index in [2.05, 4.69) is 20.4 Å². The molecule has 188 valence electrons. The summed E-state index contributed by atoms with van der Waals surface area (Å²) in [6.45, 7) is 4.23. The number of benzene rings is 1. The maximum Gasteiger partial charge on any atom is 0.259 e. The van der Waals surface area contributed by atoms with E-state index in [9.17, 15) is 9.59 Å². The van der Waals surface area contributed by atoms with Gasteiger partial charge in [0.15, 0.2) is 0 Å². The molecule has 0 saturated carbocycles. The molecule has 10 heteroatoms. The Hall–Kier alpha value is -3.30. The minimum Gasteiger partial charge on any atom is -0.337 e. The fourth-order valence-electron chi connectivity index (χ4n) is 5.05. The van der Waals surface area contributed by atoms with E-state index in [0.29, 0.717) is 35.1 Å². The highest BCUT2D eigenvalue weighted by molar-refractivity contribution is 6.35. The number of carbonyl (C=O) groups is 2. The smallest absolute Gasteiger partial charge is 0.259 e. The molecular formula is C26H30ClN7O2. The number of rotatable bonds is 6. The largest absolute Gasteiger partial charge is 0.337 e. The molecule has 2 aliphatic heterocycles. The molecule has 0 bridgehead atoms. The molecule has 2 saturated heterocycles. The Morgan fingerprint density at radius 3 is 2.72 bits per heavy atom. The number of likely N-dealkylation sites (tertiary alicyclic amines) is 2. The average Bonchev–Trinajstić information content (AvgIpc) is 3.46. The van der Waals surface area contributed by atoms with Gasteiger partial charge in [0.05, 0.1) is 40.1 Å². The molecule has 9 nitrogen and oxygen atoms in total. The van der Waals surface area contributed by atoms with Gasteiger partial charge in [-0.1, -0.05) is 23.7 Å². The number of imidazole rings is 1. The number of anilines is 1. The van der Waals surface area contributed by atoms with Gasteiger partial charge in [0.2, 0.25) is 11.9 Å². The molecule has 3 aromatic rings. The van der Waals surface area contributed by atoms with Gasteiger partial charge in [-0.05, 0) is 63.4 Å². The molecule has 0 aliphatic carbocycles. The summed E-state index contributed by atoms with van der Waals surface area (Å²) in [7, 11) is 0. The molecule has 5 rings (SSSR count). The number of carbonyl (C=O) groups excluding carboxylic acids is 2. The van der Waals surface area contributed by atoms with Crippen molar-refractivity contribution < 1.29 is 9.59 Å². The van der Waals surface area contributed by atoms with Crippen LogP contribution in [-0.2, 0) is 4.79 Å². The van der Waals surface area contributed by atoms with E-state index in [1.54, 1.807) is 12.1 Å². The zero-order valence-electron chi connectivity index (χ0n) is 20.1. The quantitative estimate of drug-likeness (QED) is 0.508. The maximum absolute atomic E-state index is 13.1. The zero-order chi connectivity index (χ0) is 24.9. The summed E-state index contributed by atoms with van der Waals surface area (Å²) < 4.78 is 1.99. The van der Waals surface area contributed by atoms with Gasteiger partial charge in [-0.25, -0.2) is 4.98 Å². The molecule has 2 amide bonds. The number of fused-ring (bicyclic) bond motifs is 1. The Morgan fingerprint density at radius 2 is 1.92 bits per heavy atom. The summed E-state index contributed by atoms with van der Waals surface area (Å²) in [6, 6.07) is 7.06. The third-order valence-corrected chi connectivity index (χ3v) is 7.18. The number of nitrogens with one attached hydrogen (secondary N) is 1. The Kier molecular flexibility index (Phi) is 7.58. The number of halogens is 1. The lowest BCUT2D eigenvalue weighted by molar-refractivity contribution is -0.126. The first kappa shape index (κ1) is 24.4. The first-order chi connectivity index (χ1) is 17.6. The van der Waals surface area contributed by atoms with Crippen molar-refractivity contribution in [1.29, 1.82) is 0 Å². The maximum atomic E-state index is 13.1. The molecule has 2 aliphatic rings. The van der Waals surface area contributed by atoms with Crippen molar-refractivity contribution in [1.82, 2.24) is 29.5 Å². The van der Waals surface area contributed by atoms with Crippen LogP contribution >= 0.6 is 11.6 Å². The number of aromatic nitrogens is 4. The monoisotopic (exact) mass is 507 g/mol. The van der Waals surface area contributed by atoms with E-state index in [1.807, 2.05) is 33.7 Å². The molecule has 1 N–H and O–H groups in total. The summed E-state index contributed by atoms with van der Waals surface area (Å²) in [4.78, 5) is 35.0. The first-order valence-electron chi connectivity index (χ1n) is 12.5. The second kappa shape index (κ2) is 11.2. The number of para-hydroxylation sites is 1. The number of nitrogens with zero attached hydrogens (tertiary/aromatic N) is 6. The van der Waals surface area contributed by atoms with Crippen molar-refractivity contribution in [3.8, 4) is 0 Å². The summed E-state index contributed by atoms with van der Waals surface area (Å²) in [5.41, 5.74) is 1.83. The lowest BCUT2D eigenvalue weighted by Crippen LogP contribution is -2.35. The second-order valence-electron chi connectivity index (χ2n) is 9.34. The molecule has 2 fully saturated rings. The number of amides is 2. The van der Waals surface area contributed by atoms with Crippen LogP contribution in [0.2, 0.25) is 5.02 Å². The van der Waals surface area contributed by atoms with E-state index < -0.39 is 0 Å². The van der Waals surface area contributed by atoms with Crippen LogP contribution < -0.4 is 5.32 Å².